The molecule has 2 amide bonds. The van der Waals surface area contributed by atoms with Gasteiger partial charge in [-0.3, -0.25) is 0 Å². The van der Waals surface area contributed by atoms with Crippen molar-refractivity contribution >= 4 is 12.0 Å². The Labute approximate surface area is 101 Å². The number of aliphatic carboxylic acids is 1. The normalized spacial score (nSPS) is 19.5. The lowest BCUT2D eigenvalue weighted by Crippen LogP contribution is -2.52. The number of urea groups is 1. The molecule has 0 bridgehead atoms. The summed E-state index contributed by atoms with van der Waals surface area (Å²) in [6, 6.07) is -0.981. The third-order valence-corrected chi connectivity index (χ3v) is 2.82. The number of carboxylic acids is 1. The standard InChI is InChI=1S/C12H18N2O3/c1-2-3-5-8-13-12(17)14-9-6-4-7-10(14)11(15)16/h1,10H,3-9H2,(H,13,17)(H,15,16). The molecule has 1 atom stereocenters. The highest BCUT2D eigenvalue weighted by molar-refractivity contribution is 5.82. The zero-order valence-corrected chi connectivity index (χ0v) is 9.82. The molecule has 1 aliphatic rings. The van der Waals surface area contributed by atoms with E-state index in [1.807, 2.05) is 0 Å². The third kappa shape index (κ3) is 3.99. The van der Waals surface area contributed by atoms with Gasteiger partial charge in [0.15, 0.2) is 0 Å². The minimum Gasteiger partial charge on any atom is -0.480 e. The third-order valence-electron chi connectivity index (χ3n) is 2.82. The molecule has 1 heterocycles. The first-order valence-electron chi connectivity index (χ1n) is 5.87. The van der Waals surface area contributed by atoms with Crippen LogP contribution in [0.15, 0.2) is 0 Å². The zero-order chi connectivity index (χ0) is 12.7. The Morgan fingerprint density at radius 2 is 2.24 bits per heavy atom. The van der Waals surface area contributed by atoms with Gasteiger partial charge in [-0.25, -0.2) is 9.59 Å². The number of piperidine rings is 1. The van der Waals surface area contributed by atoms with Gasteiger partial charge in [0.2, 0.25) is 0 Å². The summed E-state index contributed by atoms with van der Waals surface area (Å²) in [6.07, 6.45) is 8.69. The molecule has 0 aromatic carbocycles. The van der Waals surface area contributed by atoms with Crippen molar-refractivity contribution in [2.24, 2.45) is 0 Å². The first kappa shape index (κ1) is 13.4. The summed E-state index contributed by atoms with van der Waals surface area (Å²) >= 11 is 0. The molecular formula is C12H18N2O3. The van der Waals surface area contributed by atoms with Crippen molar-refractivity contribution in [3.05, 3.63) is 0 Å². The summed E-state index contributed by atoms with van der Waals surface area (Å²) in [4.78, 5) is 24.2. The number of hydrogen-bond acceptors (Lipinski definition) is 2. The molecule has 1 unspecified atom stereocenters. The molecule has 1 rings (SSSR count). The molecule has 5 nitrogen and oxygen atoms in total. The molecular weight excluding hydrogens is 220 g/mol. The van der Waals surface area contributed by atoms with Crippen molar-refractivity contribution < 1.29 is 14.7 Å². The van der Waals surface area contributed by atoms with Crippen LogP contribution in [0.2, 0.25) is 0 Å². The molecule has 94 valence electrons. The topological polar surface area (TPSA) is 69.6 Å². The number of terminal acetylenes is 1. The first-order chi connectivity index (χ1) is 8.16. The predicted octanol–water partition coefficient (Wildman–Crippen LogP) is 1.05. The summed E-state index contributed by atoms with van der Waals surface area (Å²) in [5, 5.41) is 11.7. The highest BCUT2D eigenvalue weighted by Crippen LogP contribution is 2.17. The van der Waals surface area contributed by atoms with Crippen LogP contribution in [0.5, 0.6) is 0 Å². The van der Waals surface area contributed by atoms with E-state index < -0.39 is 12.0 Å². The number of nitrogens with one attached hydrogen (secondary N) is 1. The second-order valence-corrected chi connectivity index (χ2v) is 4.08. The number of unbranched alkanes of at least 4 members (excludes halogenated alkanes) is 1. The summed E-state index contributed by atoms with van der Waals surface area (Å²) in [7, 11) is 0. The maximum atomic E-state index is 11.8. The van der Waals surface area contributed by atoms with Crippen LogP contribution in [0.1, 0.15) is 32.1 Å². The molecule has 0 aromatic rings. The van der Waals surface area contributed by atoms with Gasteiger partial charge in [0, 0.05) is 19.5 Å². The Bertz CT molecular complexity index is 322. The fraction of sp³-hybridized carbons (Fsp3) is 0.667. The maximum absolute atomic E-state index is 11.8. The van der Waals surface area contributed by atoms with Crippen molar-refractivity contribution in [3.63, 3.8) is 0 Å². The van der Waals surface area contributed by atoms with Crippen molar-refractivity contribution in [1.82, 2.24) is 10.2 Å². The molecule has 0 spiro atoms. The number of rotatable bonds is 4. The number of amides is 2. The van der Waals surface area contributed by atoms with Crippen molar-refractivity contribution in [1.29, 1.82) is 0 Å². The van der Waals surface area contributed by atoms with Gasteiger partial charge in [0.25, 0.3) is 0 Å². The largest absolute Gasteiger partial charge is 0.480 e. The number of carboxylic acid groups (broad SMARTS) is 1. The summed E-state index contributed by atoms with van der Waals surface area (Å²) < 4.78 is 0. The molecule has 1 saturated heterocycles. The minimum absolute atomic E-state index is 0.297. The molecule has 0 aromatic heterocycles. The molecule has 17 heavy (non-hydrogen) atoms. The van der Waals surface area contributed by atoms with E-state index in [1.54, 1.807) is 0 Å². The van der Waals surface area contributed by atoms with E-state index in [0.29, 0.717) is 32.4 Å². The number of hydrogen-bond donors (Lipinski definition) is 2. The Kier molecular flexibility index (Phi) is 5.34. The SMILES string of the molecule is C#CCCCNC(=O)N1CCCCC1C(=O)O. The van der Waals surface area contributed by atoms with Crippen LogP contribution in [0.4, 0.5) is 4.79 Å². The number of carbonyl (C=O) groups is 2. The summed E-state index contributed by atoms with van der Waals surface area (Å²) in [6.45, 7) is 1.00. The van der Waals surface area contributed by atoms with Crippen LogP contribution in [0.3, 0.4) is 0 Å². The zero-order valence-electron chi connectivity index (χ0n) is 9.82. The molecule has 1 aliphatic heterocycles. The van der Waals surface area contributed by atoms with Crippen molar-refractivity contribution in [3.8, 4) is 12.3 Å². The van der Waals surface area contributed by atoms with E-state index >= 15 is 0 Å². The van der Waals surface area contributed by atoms with Crippen molar-refractivity contribution in [2.75, 3.05) is 13.1 Å². The van der Waals surface area contributed by atoms with Gasteiger partial charge in [0.05, 0.1) is 0 Å². The van der Waals surface area contributed by atoms with Gasteiger partial charge >= 0.3 is 12.0 Å². The fourth-order valence-corrected chi connectivity index (χ4v) is 1.92. The highest BCUT2D eigenvalue weighted by atomic mass is 16.4. The molecule has 0 aliphatic carbocycles. The summed E-state index contributed by atoms with van der Waals surface area (Å²) in [5.74, 6) is 1.56. The van der Waals surface area contributed by atoms with E-state index in [1.165, 1.54) is 4.90 Å². The van der Waals surface area contributed by atoms with Gasteiger partial charge in [0.1, 0.15) is 6.04 Å². The van der Waals surface area contributed by atoms with E-state index in [4.69, 9.17) is 11.5 Å². The Balaban J connectivity index is 2.42. The van der Waals surface area contributed by atoms with E-state index in [-0.39, 0.29) is 6.03 Å². The lowest BCUT2D eigenvalue weighted by molar-refractivity contribution is -0.143. The van der Waals surface area contributed by atoms with Crippen LogP contribution in [-0.4, -0.2) is 41.1 Å². The first-order valence-corrected chi connectivity index (χ1v) is 5.87. The molecule has 0 saturated carbocycles. The number of nitrogens with zero attached hydrogens (tertiary/aromatic N) is 1. The maximum Gasteiger partial charge on any atom is 0.326 e. The van der Waals surface area contributed by atoms with E-state index in [0.717, 1.165) is 12.8 Å². The molecule has 1 fully saturated rings. The van der Waals surface area contributed by atoms with Crippen LogP contribution in [0, 0.1) is 12.3 Å². The summed E-state index contributed by atoms with van der Waals surface area (Å²) in [5.41, 5.74) is 0. The minimum atomic E-state index is -0.927. The van der Waals surface area contributed by atoms with Gasteiger partial charge in [-0.15, -0.1) is 12.3 Å². The molecule has 0 radical (unpaired) electrons. The lowest BCUT2D eigenvalue weighted by Gasteiger charge is -2.32. The van der Waals surface area contributed by atoms with Crippen LogP contribution >= 0.6 is 0 Å². The predicted molar refractivity (Wildman–Crippen MR) is 63.4 cm³/mol. The van der Waals surface area contributed by atoms with Crippen molar-refractivity contribution in [2.45, 2.75) is 38.1 Å². The Hall–Kier alpha value is -1.70. The number of likely N-dealkylation sites (tertiary alicyclic amines) is 1. The van der Waals surface area contributed by atoms with Gasteiger partial charge in [-0.2, -0.15) is 0 Å². The van der Waals surface area contributed by atoms with E-state index in [9.17, 15) is 9.59 Å². The quantitative estimate of drug-likeness (QED) is 0.568. The smallest absolute Gasteiger partial charge is 0.326 e. The fourth-order valence-electron chi connectivity index (χ4n) is 1.92. The van der Waals surface area contributed by atoms with Gasteiger partial charge in [-0.1, -0.05) is 0 Å². The average molecular weight is 238 g/mol. The monoisotopic (exact) mass is 238 g/mol. The van der Waals surface area contributed by atoms with Crippen LogP contribution < -0.4 is 5.32 Å². The average Bonchev–Trinajstić information content (AvgIpc) is 2.34. The molecule has 2 N–H and O–H groups in total. The Morgan fingerprint density at radius 3 is 2.88 bits per heavy atom. The highest BCUT2D eigenvalue weighted by Gasteiger charge is 2.31. The van der Waals surface area contributed by atoms with Crippen LogP contribution in [0.25, 0.3) is 0 Å². The lowest BCUT2D eigenvalue weighted by atomic mass is 10.0. The number of carbonyl (C=O) groups excluding carboxylic acids is 1. The molecule has 5 heteroatoms. The van der Waals surface area contributed by atoms with Gasteiger partial charge in [-0.05, 0) is 25.7 Å². The van der Waals surface area contributed by atoms with E-state index in [2.05, 4.69) is 11.2 Å². The van der Waals surface area contributed by atoms with Gasteiger partial charge < -0.3 is 15.3 Å². The Morgan fingerprint density at radius 1 is 1.47 bits per heavy atom. The van der Waals surface area contributed by atoms with Crippen LogP contribution in [-0.2, 0) is 4.79 Å². The second kappa shape index (κ2) is 6.79. The second-order valence-electron chi connectivity index (χ2n) is 4.08.